The van der Waals surface area contributed by atoms with Crippen LogP contribution in [0.5, 0.6) is 0 Å². The van der Waals surface area contributed by atoms with Crippen molar-refractivity contribution in [3.8, 4) is 0 Å². The number of piperazine rings is 1. The molecule has 122 valence electrons. The lowest BCUT2D eigenvalue weighted by molar-refractivity contribution is 0.629. The van der Waals surface area contributed by atoms with E-state index in [0.29, 0.717) is 0 Å². The first kappa shape index (κ1) is 16.0. The van der Waals surface area contributed by atoms with Crippen LogP contribution in [0.3, 0.4) is 0 Å². The highest BCUT2D eigenvalue weighted by Crippen LogP contribution is 2.20. The average Bonchev–Trinajstić information content (AvgIpc) is 2.62. The summed E-state index contributed by atoms with van der Waals surface area (Å²) in [5.41, 5.74) is 2.19. The third kappa shape index (κ3) is 3.72. The van der Waals surface area contributed by atoms with Crippen LogP contribution in [0.25, 0.3) is 0 Å². The molecule has 0 spiro atoms. The Morgan fingerprint density at radius 1 is 1.04 bits per heavy atom. The summed E-state index contributed by atoms with van der Waals surface area (Å²) in [6.07, 6.45) is 6.69. The van der Waals surface area contributed by atoms with Crippen LogP contribution in [0, 0.1) is 6.92 Å². The van der Waals surface area contributed by atoms with E-state index in [-0.39, 0.29) is 0 Å². The first-order chi connectivity index (χ1) is 11.2. The molecule has 0 radical (unpaired) electrons. The fourth-order valence-corrected chi connectivity index (χ4v) is 2.97. The van der Waals surface area contributed by atoms with Gasteiger partial charge in [-0.25, -0.2) is 19.9 Å². The van der Waals surface area contributed by atoms with Crippen molar-refractivity contribution in [1.29, 1.82) is 0 Å². The van der Waals surface area contributed by atoms with Gasteiger partial charge >= 0.3 is 0 Å². The van der Waals surface area contributed by atoms with Gasteiger partial charge in [-0.05, 0) is 25.2 Å². The Morgan fingerprint density at radius 3 is 2.30 bits per heavy atom. The van der Waals surface area contributed by atoms with Crippen LogP contribution in [-0.2, 0) is 6.42 Å². The number of hydrogen-bond donors (Lipinski definition) is 0. The Morgan fingerprint density at radius 2 is 1.70 bits per heavy atom. The lowest BCUT2D eigenvalue weighted by Gasteiger charge is -2.35. The van der Waals surface area contributed by atoms with Crippen LogP contribution >= 0.6 is 11.8 Å². The van der Waals surface area contributed by atoms with Gasteiger partial charge in [0.2, 0.25) is 5.95 Å². The van der Waals surface area contributed by atoms with E-state index >= 15 is 0 Å². The largest absolute Gasteiger partial charge is 0.353 e. The molecule has 1 aliphatic rings. The normalized spacial score (nSPS) is 15.1. The lowest BCUT2D eigenvalue weighted by atomic mass is 10.2. The van der Waals surface area contributed by atoms with E-state index in [0.717, 1.165) is 60.8 Å². The fraction of sp³-hybridized carbons (Fsp3) is 0.500. The summed E-state index contributed by atoms with van der Waals surface area (Å²) < 4.78 is 0. The summed E-state index contributed by atoms with van der Waals surface area (Å²) >= 11 is 1.60. The van der Waals surface area contributed by atoms with Gasteiger partial charge in [0.05, 0.1) is 0 Å². The van der Waals surface area contributed by atoms with Crippen LogP contribution in [-0.4, -0.2) is 52.4 Å². The molecule has 2 aromatic heterocycles. The summed E-state index contributed by atoms with van der Waals surface area (Å²) in [4.78, 5) is 22.6. The first-order valence-corrected chi connectivity index (χ1v) is 9.12. The number of rotatable bonds is 4. The summed E-state index contributed by atoms with van der Waals surface area (Å²) in [6, 6.07) is 2.11. The molecule has 0 saturated carbocycles. The standard InChI is InChI=1S/C16H22N6S/c1-4-13-9-14(20-16(19-13)23-3)21-5-7-22(8-6-21)15-17-10-12(2)11-18-15/h9-11H,4-8H2,1-3H3. The molecular formula is C16H22N6S. The quantitative estimate of drug-likeness (QED) is 0.629. The van der Waals surface area contributed by atoms with E-state index in [2.05, 4.69) is 42.7 Å². The van der Waals surface area contributed by atoms with E-state index in [1.54, 1.807) is 11.8 Å². The minimum Gasteiger partial charge on any atom is -0.353 e. The molecule has 1 aliphatic heterocycles. The van der Waals surface area contributed by atoms with Crippen LogP contribution < -0.4 is 9.80 Å². The summed E-state index contributed by atoms with van der Waals surface area (Å²) in [5, 5.41) is 0.851. The van der Waals surface area contributed by atoms with Gasteiger partial charge in [-0.15, -0.1) is 0 Å². The minimum absolute atomic E-state index is 0.817. The van der Waals surface area contributed by atoms with Gasteiger partial charge < -0.3 is 9.80 Å². The molecule has 3 heterocycles. The van der Waals surface area contributed by atoms with Crippen molar-refractivity contribution in [3.05, 3.63) is 29.7 Å². The predicted molar refractivity (Wildman–Crippen MR) is 94.4 cm³/mol. The maximum Gasteiger partial charge on any atom is 0.225 e. The molecule has 3 rings (SSSR count). The Bertz CT molecular complexity index is 630. The van der Waals surface area contributed by atoms with E-state index in [1.165, 1.54) is 0 Å². The smallest absolute Gasteiger partial charge is 0.225 e. The molecule has 1 saturated heterocycles. The molecule has 1 fully saturated rings. The number of nitrogens with zero attached hydrogens (tertiary/aromatic N) is 6. The Balaban J connectivity index is 1.70. The maximum atomic E-state index is 4.66. The van der Waals surface area contributed by atoms with Crippen LogP contribution in [0.15, 0.2) is 23.6 Å². The summed E-state index contributed by atoms with van der Waals surface area (Å²) in [7, 11) is 0. The number of thioether (sulfide) groups is 1. The number of anilines is 2. The second-order valence-electron chi connectivity index (χ2n) is 5.59. The monoisotopic (exact) mass is 330 g/mol. The zero-order chi connectivity index (χ0) is 16.2. The Kier molecular flexibility index (Phi) is 4.95. The third-order valence-electron chi connectivity index (χ3n) is 3.94. The molecule has 0 aromatic carbocycles. The van der Waals surface area contributed by atoms with Gasteiger partial charge in [-0.2, -0.15) is 0 Å². The highest BCUT2D eigenvalue weighted by Gasteiger charge is 2.20. The molecule has 7 heteroatoms. The van der Waals surface area contributed by atoms with E-state index in [9.17, 15) is 0 Å². The third-order valence-corrected chi connectivity index (χ3v) is 4.49. The van der Waals surface area contributed by atoms with E-state index in [4.69, 9.17) is 0 Å². The average molecular weight is 330 g/mol. The number of aromatic nitrogens is 4. The Labute approximate surface area is 141 Å². The van der Waals surface area contributed by atoms with Crippen molar-refractivity contribution in [2.45, 2.75) is 25.4 Å². The Hall–Kier alpha value is -1.89. The highest BCUT2D eigenvalue weighted by atomic mass is 32.2. The summed E-state index contributed by atoms with van der Waals surface area (Å²) in [6.45, 7) is 7.79. The topological polar surface area (TPSA) is 58.0 Å². The zero-order valence-electron chi connectivity index (χ0n) is 13.9. The maximum absolute atomic E-state index is 4.66. The molecule has 0 bridgehead atoms. The van der Waals surface area contributed by atoms with E-state index in [1.807, 2.05) is 25.6 Å². The van der Waals surface area contributed by atoms with Gasteiger partial charge in [0.1, 0.15) is 5.82 Å². The van der Waals surface area contributed by atoms with Crippen molar-refractivity contribution in [1.82, 2.24) is 19.9 Å². The highest BCUT2D eigenvalue weighted by molar-refractivity contribution is 7.98. The van der Waals surface area contributed by atoms with Gasteiger partial charge in [0, 0.05) is 50.3 Å². The van der Waals surface area contributed by atoms with Crippen molar-refractivity contribution < 1.29 is 0 Å². The lowest BCUT2D eigenvalue weighted by Crippen LogP contribution is -2.47. The molecule has 2 aromatic rings. The molecular weight excluding hydrogens is 308 g/mol. The molecule has 0 unspecified atom stereocenters. The zero-order valence-corrected chi connectivity index (χ0v) is 14.7. The van der Waals surface area contributed by atoms with Gasteiger partial charge in [-0.1, -0.05) is 18.7 Å². The second-order valence-corrected chi connectivity index (χ2v) is 6.37. The van der Waals surface area contributed by atoms with Crippen molar-refractivity contribution in [2.75, 3.05) is 42.2 Å². The second kappa shape index (κ2) is 7.12. The van der Waals surface area contributed by atoms with Crippen molar-refractivity contribution in [3.63, 3.8) is 0 Å². The first-order valence-electron chi connectivity index (χ1n) is 7.90. The van der Waals surface area contributed by atoms with Crippen LogP contribution in [0.2, 0.25) is 0 Å². The molecule has 0 atom stereocenters. The van der Waals surface area contributed by atoms with Crippen LogP contribution in [0.4, 0.5) is 11.8 Å². The predicted octanol–water partition coefficient (Wildman–Crippen LogP) is 2.19. The number of hydrogen-bond acceptors (Lipinski definition) is 7. The molecule has 6 nitrogen and oxygen atoms in total. The van der Waals surface area contributed by atoms with Crippen molar-refractivity contribution >= 4 is 23.5 Å². The fourth-order valence-electron chi connectivity index (χ4n) is 2.58. The van der Waals surface area contributed by atoms with Crippen LogP contribution in [0.1, 0.15) is 18.2 Å². The van der Waals surface area contributed by atoms with E-state index < -0.39 is 0 Å². The summed E-state index contributed by atoms with van der Waals surface area (Å²) in [5.74, 6) is 1.85. The minimum atomic E-state index is 0.817. The van der Waals surface area contributed by atoms with Gasteiger partial charge in [0.15, 0.2) is 5.16 Å². The van der Waals surface area contributed by atoms with Crippen molar-refractivity contribution in [2.24, 2.45) is 0 Å². The SMILES string of the molecule is CCc1cc(N2CCN(c3ncc(C)cn3)CC2)nc(SC)n1. The molecule has 0 N–H and O–H groups in total. The molecule has 0 aliphatic carbocycles. The molecule has 23 heavy (non-hydrogen) atoms. The number of aryl methyl sites for hydroxylation is 2. The van der Waals surface area contributed by atoms with Gasteiger partial charge in [-0.3, -0.25) is 0 Å². The molecule has 0 amide bonds. The van der Waals surface area contributed by atoms with Gasteiger partial charge in [0.25, 0.3) is 0 Å².